The van der Waals surface area contributed by atoms with Crippen molar-refractivity contribution in [1.29, 1.82) is 0 Å². The molecule has 278 valence electrons. The molecule has 0 saturated heterocycles. The van der Waals surface area contributed by atoms with Crippen molar-refractivity contribution in [2.75, 3.05) is 0 Å². The smallest absolute Gasteiger partial charge is 0.336 e. The average molecular weight is 670 g/mol. The lowest BCUT2D eigenvalue weighted by Gasteiger charge is -2.16. The van der Waals surface area contributed by atoms with Gasteiger partial charge in [0.05, 0.1) is 11.1 Å². The molecule has 0 unspecified atom stereocenters. The van der Waals surface area contributed by atoms with Gasteiger partial charge >= 0.3 is 5.97 Å². The first kappa shape index (κ1) is 44.2. The van der Waals surface area contributed by atoms with Gasteiger partial charge in [0.25, 0.3) is 0 Å². The molecular weight excluding hydrogens is 590 g/mol. The molecule has 1 amide bonds. The van der Waals surface area contributed by atoms with Gasteiger partial charge in [-0.3, -0.25) is 4.79 Å². The first-order valence-electron chi connectivity index (χ1n) is 21.2. The van der Waals surface area contributed by atoms with E-state index in [2.05, 4.69) is 13.8 Å². The second kappa shape index (κ2) is 32.4. The van der Waals surface area contributed by atoms with Gasteiger partial charge in [0.1, 0.15) is 0 Å². The van der Waals surface area contributed by atoms with E-state index in [0.29, 0.717) is 0 Å². The van der Waals surface area contributed by atoms with E-state index in [1.54, 1.807) is 6.07 Å². The summed E-state index contributed by atoms with van der Waals surface area (Å²) in [7, 11) is 0. The Bertz CT molecular complexity index is 911. The van der Waals surface area contributed by atoms with E-state index in [0.717, 1.165) is 43.2 Å². The molecule has 4 heteroatoms. The number of hydrogen-bond donors (Lipinski definition) is 2. The van der Waals surface area contributed by atoms with Gasteiger partial charge in [-0.25, -0.2) is 4.79 Å². The van der Waals surface area contributed by atoms with E-state index in [1.165, 1.54) is 186 Å². The molecule has 1 rings (SSSR count). The van der Waals surface area contributed by atoms with Gasteiger partial charge < -0.3 is 10.8 Å². The number of aryl methyl sites for hydroxylation is 1. The zero-order valence-corrected chi connectivity index (χ0v) is 32.0. The fraction of sp³-hybridized carbons (Fsp3) is 0.818. The number of carbonyl (C=O) groups excluding carboxylic acids is 1. The summed E-state index contributed by atoms with van der Waals surface area (Å²) in [4.78, 5) is 24.4. The van der Waals surface area contributed by atoms with Gasteiger partial charge in [0.15, 0.2) is 0 Å². The van der Waals surface area contributed by atoms with Crippen LogP contribution in [0.2, 0.25) is 0 Å². The van der Waals surface area contributed by atoms with Gasteiger partial charge in [-0.1, -0.05) is 213 Å². The van der Waals surface area contributed by atoms with Crippen LogP contribution in [-0.4, -0.2) is 17.0 Å². The Morgan fingerprint density at radius 3 is 1.04 bits per heavy atom. The first-order valence-corrected chi connectivity index (χ1v) is 21.2. The maximum atomic E-state index is 12.5. The standard InChI is InChI=1S/C44H79NO3/c1-3-5-7-9-11-13-15-17-19-21-23-25-27-29-31-33-35-39-37-38-41(44(47)48)42(43(45)46)40(39)36-34-32-30-28-26-24-22-20-18-16-14-12-10-8-6-4-2/h37-38H,3-36H2,1-2H3,(H2,45,46)(H,47,48). The molecule has 0 radical (unpaired) electrons. The summed E-state index contributed by atoms with van der Waals surface area (Å²) >= 11 is 0. The van der Waals surface area contributed by atoms with Crippen molar-refractivity contribution in [2.45, 2.75) is 232 Å². The Balaban J connectivity index is 2.26. The first-order chi connectivity index (χ1) is 23.5. The number of hydrogen-bond acceptors (Lipinski definition) is 2. The third-order valence-electron chi connectivity index (χ3n) is 10.5. The third kappa shape index (κ3) is 23.5. The van der Waals surface area contributed by atoms with Crippen LogP contribution in [0.25, 0.3) is 0 Å². The summed E-state index contributed by atoms with van der Waals surface area (Å²) in [5, 5.41) is 9.76. The molecule has 3 N–H and O–H groups in total. The van der Waals surface area contributed by atoms with Gasteiger partial charge in [-0.15, -0.1) is 0 Å². The molecule has 0 bridgehead atoms. The number of primary amides is 1. The van der Waals surface area contributed by atoms with Crippen LogP contribution in [0.5, 0.6) is 0 Å². The number of nitrogens with two attached hydrogens (primary N) is 1. The van der Waals surface area contributed by atoms with Crippen molar-refractivity contribution in [2.24, 2.45) is 5.73 Å². The lowest BCUT2D eigenvalue weighted by Crippen LogP contribution is -2.20. The number of aromatic carboxylic acids is 1. The number of benzene rings is 1. The van der Waals surface area contributed by atoms with Crippen LogP contribution >= 0.6 is 0 Å². The minimum Gasteiger partial charge on any atom is -0.478 e. The summed E-state index contributed by atoms with van der Waals surface area (Å²) in [6.45, 7) is 4.56. The van der Waals surface area contributed by atoms with E-state index in [4.69, 9.17) is 5.73 Å². The van der Waals surface area contributed by atoms with Crippen LogP contribution < -0.4 is 5.73 Å². The largest absolute Gasteiger partial charge is 0.478 e. The molecule has 0 atom stereocenters. The molecule has 0 saturated carbocycles. The summed E-state index contributed by atoms with van der Waals surface area (Å²) in [6, 6.07) is 3.55. The van der Waals surface area contributed by atoms with E-state index < -0.39 is 11.9 Å². The molecule has 0 aliphatic rings. The number of carboxylic acids is 1. The van der Waals surface area contributed by atoms with Crippen molar-refractivity contribution < 1.29 is 14.7 Å². The predicted molar refractivity (Wildman–Crippen MR) is 208 cm³/mol. The topological polar surface area (TPSA) is 80.4 Å². The quantitative estimate of drug-likeness (QED) is 0.0698. The summed E-state index contributed by atoms with van der Waals surface area (Å²) in [5.74, 6) is -1.67. The van der Waals surface area contributed by atoms with Crippen LogP contribution in [0.15, 0.2) is 12.1 Å². The highest BCUT2D eigenvalue weighted by molar-refractivity contribution is 6.05. The average Bonchev–Trinajstić information content (AvgIpc) is 3.07. The van der Waals surface area contributed by atoms with E-state index in [-0.39, 0.29) is 11.1 Å². The Morgan fingerprint density at radius 2 is 0.750 bits per heavy atom. The highest BCUT2D eigenvalue weighted by Crippen LogP contribution is 2.25. The number of carboxylic acid groups (broad SMARTS) is 1. The summed E-state index contributed by atoms with van der Waals surface area (Å²) in [6.07, 6.45) is 44.3. The van der Waals surface area contributed by atoms with Crippen molar-refractivity contribution in [1.82, 2.24) is 0 Å². The zero-order valence-electron chi connectivity index (χ0n) is 32.0. The Labute approximate surface area is 298 Å². The molecular formula is C44H79NO3. The monoisotopic (exact) mass is 670 g/mol. The molecule has 1 aromatic rings. The number of rotatable bonds is 36. The second-order valence-corrected chi connectivity index (χ2v) is 14.9. The van der Waals surface area contributed by atoms with Crippen LogP contribution in [0.4, 0.5) is 0 Å². The normalized spacial score (nSPS) is 11.4. The van der Waals surface area contributed by atoms with Crippen LogP contribution in [-0.2, 0) is 12.8 Å². The molecule has 0 fully saturated rings. The van der Waals surface area contributed by atoms with Gasteiger partial charge in [0.2, 0.25) is 5.91 Å². The van der Waals surface area contributed by atoms with E-state index >= 15 is 0 Å². The summed E-state index contributed by atoms with van der Waals surface area (Å²) in [5.41, 5.74) is 8.10. The van der Waals surface area contributed by atoms with Crippen molar-refractivity contribution in [3.8, 4) is 0 Å². The van der Waals surface area contributed by atoms with Crippen molar-refractivity contribution in [3.05, 3.63) is 34.4 Å². The fourth-order valence-corrected chi connectivity index (χ4v) is 7.38. The molecule has 4 nitrogen and oxygen atoms in total. The lowest BCUT2D eigenvalue weighted by atomic mass is 9.89. The molecule has 0 heterocycles. The molecule has 48 heavy (non-hydrogen) atoms. The number of carbonyl (C=O) groups is 2. The Morgan fingerprint density at radius 1 is 0.458 bits per heavy atom. The second-order valence-electron chi connectivity index (χ2n) is 14.9. The van der Waals surface area contributed by atoms with Gasteiger partial charge in [0, 0.05) is 0 Å². The van der Waals surface area contributed by atoms with Gasteiger partial charge in [-0.05, 0) is 42.9 Å². The SMILES string of the molecule is CCCCCCCCCCCCCCCCCCc1ccc(C(=O)O)c(C(N)=O)c1CCCCCCCCCCCCCCCCCC. The van der Waals surface area contributed by atoms with Crippen LogP contribution in [0.3, 0.4) is 0 Å². The Kier molecular flexibility index (Phi) is 29.8. The number of amides is 1. The zero-order chi connectivity index (χ0) is 34.9. The van der Waals surface area contributed by atoms with Crippen molar-refractivity contribution >= 4 is 11.9 Å². The van der Waals surface area contributed by atoms with Crippen molar-refractivity contribution in [3.63, 3.8) is 0 Å². The maximum absolute atomic E-state index is 12.5. The molecule has 0 aliphatic carbocycles. The maximum Gasteiger partial charge on any atom is 0.336 e. The van der Waals surface area contributed by atoms with E-state index in [9.17, 15) is 14.7 Å². The van der Waals surface area contributed by atoms with Gasteiger partial charge in [-0.2, -0.15) is 0 Å². The highest BCUT2D eigenvalue weighted by atomic mass is 16.4. The lowest BCUT2D eigenvalue weighted by molar-refractivity contribution is 0.0691. The molecule has 0 aromatic heterocycles. The Hall–Kier alpha value is -1.84. The van der Waals surface area contributed by atoms with Crippen LogP contribution in [0.1, 0.15) is 251 Å². The molecule has 0 spiro atoms. The summed E-state index contributed by atoms with van der Waals surface area (Å²) < 4.78 is 0. The molecule has 0 aliphatic heterocycles. The minimum atomic E-state index is -1.06. The highest BCUT2D eigenvalue weighted by Gasteiger charge is 2.21. The number of unbranched alkanes of at least 4 members (excludes halogenated alkanes) is 30. The third-order valence-corrected chi connectivity index (χ3v) is 10.5. The molecule has 1 aromatic carbocycles. The predicted octanol–water partition coefficient (Wildman–Crippen LogP) is 14.1. The fourth-order valence-electron chi connectivity index (χ4n) is 7.38. The van der Waals surface area contributed by atoms with E-state index in [1.807, 2.05) is 6.07 Å². The minimum absolute atomic E-state index is 0.0599. The van der Waals surface area contributed by atoms with Crippen LogP contribution in [0, 0.1) is 0 Å².